The van der Waals surface area contributed by atoms with Crippen LogP contribution in [0.5, 0.6) is 0 Å². The molecule has 2 rings (SSSR count). The van der Waals surface area contributed by atoms with Gasteiger partial charge >= 0.3 is 0 Å². The second kappa shape index (κ2) is 6.36. The van der Waals surface area contributed by atoms with Crippen molar-refractivity contribution >= 4 is 23.1 Å². The summed E-state index contributed by atoms with van der Waals surface area (Å²) in [6, 6.07) is 9.03. The lowest BCUT2D eigenvalue weighted by Gasteiger charge is -2.11. The van der Waals surface area contributed by atoms with Crippen molar-refractivity contribution in [1.82, 2.24) is 10.3 Å². The highest BCUT2D eigenvalue weighted by Crippen LogP contribution is 2.32. The van der Waals surface area contributed by atoms with Crippen molar-refractivity contribution in [3.63, 3.8) is 0 Å². The first-order chi connectivity index (χ1) is 8.65. The second-order valence-corrected chi connectivity index (χ2v) is 6.65. The van der Waals surface area contributed by atoms with Crippen LogP contribution in [0.4, 0.5) is 0 Å². The standard InChI is InChI=1S/C14H18N2S2/c1-10(2)15-8-12-6-4-5-7-13(12)18-14-16-11(3)9-17-14/h4-7,9-10,15H,8H2,1-3H3. The lowest BCUT2D eigenvalue weighted by Crippen LogP contribution is -2.22. The van der Waals surface area contributed by atoms with Crippen LogP contribution in [0.2, 0.25) is 0 Å². The van der Waals surface area contributed by atoms with Crippen LogP contribution in [0.15, 0.2) is 38.9 Å². The molecule has 4 heteroatoms. The summed E-state index contributed by atoms with van der Waals surface area (Å²) in [4.78, 5) is 5.80. The van der Waals surface area contributed by atoms with Gasteiger partial charge in [0.1, 0.15) is 0 Å². The van der Waals surface area contributed by atoms with Crippen molar-refractivity contribution in [1.29, 1.82) is 0 Å². The van der Waals surface area contributed by atoms with Gasteiger partial charge in [-0.2, -0.15) is 0 Å². The zero-order valence-electron chi connectivity index (χ0n) is 10.9. The Morgan fingerprint density at radius 3 is 2.78 bits per heavy atom. The number of aromatic nitrogens is 1. The number of thiazole rings is 1. The Hall–Kier alpha value is -0.840. The molecule has 0 fully saturated rings. The molecule has 0 aliphatic heterocycles. The first-order valence-electron chi connectivity index (χ1n) is 6.06. The summed E-state index contributed by atoms with van der Waals surface area (Å²) < 4.78 is 1.12. The number of aryl methyl sites for hydroxylation is 1. The van der Waals surface area contributed by atoms with Gasteiger partial charge in [0, 0.05) is 28.6 Å². The summed E-state index contributed by atoms with van der Waals surface area (Å²) in [5, 5.41) is 5.56. The molecule has 0 amide bonds. The number of nitrogens with zero attached hydrogens (tertiary/aromatic N) is 1. The minimum Gasteiger partial charge on any atom is -0.310 e. The monoisotopic (exact) mass is 278 g/mol. The smallest absolute Gasteiger partial charge is 0.154 e. The minimum absolute atomic E-state index is 0.505. The Morgan fingerprint density at radius 2 is 2.11 bits per heavy atom. The predicted molar refractivity (Wildman–Crippen MR) is 79.4 cm³/mol. The fourth-order valence-electron chi connectivity index (χ4n) is 1.54. The Bertz CT molecular complexity index is 506. The van der Waals surface area contributed by atoms with E-state index in [0.717, 1.165) is 16.6 Å². The maximum atomic E-state index is 4.50. The summed E-state index contributed by atoms with van der Waals surface area (Å²) in [7, 11) is 0. The average molecular weight is 278 g/mol. The van der Waals surface area contributed by atoms with Crippen LogP contribution in [0, 0.1) is 6.92 Å². The third kappa shape index (κ3) is 3.83. The van der Waals surface area contributed by atoms with Gasteiger partial charge in [0.15, 0.2) is 4.34 Å². The lowest BCUT2D eigenvalue weighted by atomic mass is 10.2. The lowest BCUT2D eigenvalue weighted by molar-refractivity contribution is 0.585. The molecular formula is C14H18N2S2. The zero-order valence-corrected chi connectivity index (χ0v) is 12.6. The highest BCUT2D eigenvalue weighted by atomic mass is 32.2. The number of hydrogen-bond donors (Lipinski definition) is 1. The number of benzene rings is 1. The number of nitrogens with one attached hydrogen (secondary N) is 1. The molecule has 2 aromatic rings. The van der Waals surface area contributed by atoms with E-state index in [4.69, 9.17) is 0 Å². The summed E-state index contributed by atoms with van der Waals surface area (Å²) in [6.45, 7) is 7.28. The molecule has 0 bridgehead atoms. The quantitative estimate of drug-likeness (QED) is 0.891. The van der Waals surface area contributed by atoms with Gasteiger partial charge in [-0.1, -0.05) is 43.8 Å². The Morgan fingerprint density at radius 1 is 1.33 bits per heavy atom. The van der Waals surface area contributed by atoms with Crippen molar-refractivity contribution in [2.75, 3.05) is 0 Å². The topological polar surface area (TPSA) is 24.9 Å². The van der Waals surface area contributed by atoms with Crippen molar-refractivity contribution < 1.29 is 0 Å². The Kier molecular flexibility index (Phi) is 4.80. The van der Waals surface area contributed by atoms with E-state index < -0.39 is 0 Å². The predicted octanol–water partition coefficient (Wildman–Crippen LogP) is 4.10. The third-order valence-electron chi connectivity index (χ3n) is 2.47. The molecule has 0 saturated heterocycles. The molecule has 0 radical (unpaired) electrons. The maximum Gasteiger partial charge on any atom is 0.154 e. The molecule has 0 unspecified atom stereocenters. The van der Waals surface area contributed by atoms with Gasteiger partial charge in [-0.3, -0.25) is 0 Å². The second-order valence-electron chi connectivity index (χ2n) is 4.50. The minimum atomic E-state index is 0.505. The molecule has 1 heterocycles. The molecule has 0 spiro atoms. The van der Waals surface area contributed by atoms with Crippen molar-refractivity contribution in [3.8, 4) is 0 Å². The van der Waals surface area contributed by atoms with Crippen LogP contribution in [0.1, 0.15) is 25.1 Å². The Balaban J connectivity index is 2.11. The molecular weight excluding hydrogens is 260 g/mol. The fourth-order valence-corrected chi connectivity index (χ4v) is 3.46. The molecule has 0 aliphatic carbocycles. The van der Waals surface area contributed by atoms with Gasteiger partial charge in [-0.25, -0.2) is 4.98 Å². The first kappa shape index (κ1) is 13.6. The summed E-state index contributed by atoms with van der Waals surface area (Å²) >= 11 is 3.46. The van der Waals surface area contributed by atoms with Crippen LogP contribution in [0.3, 0.4) is 0 Å². The molecule has 96 valence electrons. The molecule has 18 heavy (non-hydrogen) atoms. The fraction of sp³-hybridized carbons (Fsp3) is 0.357. The zero-order chi connectivity index (χ0) is 13.0. The average Bonchev–Trinajstić information content (AvgIpc) is 2.73. The highest BCUT2D eigenvalue weighted by Gasteiger charge is 2.06. The van der Waals surface area contributed by atoms with E-state index in [1.165, 1.54) is 10.5 Å². The summed E-state index contributed by atoms with van der Waals surface area (Å²) in [5.41, 5.74) is 2.43. The summed E-state index contributed by atoms with van der Waals surface area (Å²) in [5.74, 6) is 0. The number of hydrogen-bond acceptors (Lipinski definition) is 4. The van der Waals surface area contributed by atoms with Crippen LogP contribution in [0.25, 0.3) is 0 Å². The molecule has 1 aromatic heterocycles. The van der Waals surface area contributed by atoms with Gasteiger partial charge in [-0.05, 0) is 18.6 Å². The third-order valence-corrected chi connectivity index (χ3v) is 4.64. The van der Waals surface area contributed by atoms with E-state index in [9.17, 15) is 0 Å². The van der Waals surface area contributed by atoms with Crippen LogP contribution in [-0.4, -0.2) is 11.0 Å². The summed E-state index contributed by atoms with van der Waals surface area (Å²) in [6.07, 6.45) is 0. The van der Waals surface area contributed by atoms with Gasteiger partial charge in [0.05, 0.1) is 0 Å². The van der Waals surface area contributed by atoms with Crippen LogP contribution < -0.4 is 5.32 Å². The van der Waals surface area contributed by atoms with Crippen LogP contribution in [-0.2, 0) is 6.54 Å². The highest BCUT2D eigenvalue weighted by molar-refractivity contribution is 8.01. The normalized spacial score (nSPS) is 11.1. The first-order valence-corrected chi connectivity index (χ1v) is 7.76. The Labute approximate surface area is 117 Å². The van der Waals surface area contributed by atoms with E-state index in [0.29, 0.717) is 6.04 Å². The van der Waals surface area contributed by atoms with Gasteiger partial charge < -0.3 is 5.32 Å². The van der Waals surface area contributed by atoms with E-state index in [2.05, 4.69) is 53.8 Å². The molecule has 1 aromatic carbocycles. The van der Waals surface area contributed by atoms with Gasteiger partial charge in [0.25, 0.3) is 0 Å². The molecule has 0 aliphatic rings. The van der Waals surface area contributed by atoms with Gasteiger partial charge in [0.2, 0.25) is 0 Å². The SMILES string of the molecule is Cc1csc(Sc2ccccc2CNC(C)C)n1. The maximum absolute atomic E-state index is 4.50. The van der Waals surface area contributed by atoms with Crippen molar-refractivity contribution in [2.24, 2.45) is 0 Å². The molecule has 2 nitrogen and oxygen atoms in total. The van der Waals surface area contributed by atoms with Crippen LogP contribution >= 0.6 is 23.1 Å². The molecule has 1 N–H and O–H groups in total. The van der Waals surface area contributed by atoms with E-state index in [1.54, 1.807) is 23.1 Å². The largest absolute Gasteiger partial charge is 0.310 e. The van der Waals surface area contributed by atoms with Gasteiger partial charge in [-0.15, -0.1) is 11.3 Å². The van der Waals surface area contributed by atoms with Crippen molar-refractivity contribution in [2.45, 2.75) is 42.6 Å². The number of rotatable bonds is 5. The molecule has 0 saturated carbocycles. The van der Waals surface area contributed by atoms with E-state index in [1.807, 2.05) is 6.92 Å². The van der Waals surface area contributed by atoms with E-state index >= 15 is 0 Å². The van der Waals surface area contributed by atoms with E-state index in [-0.39, 0.29) is 0 Å². The van der Waals surface area contributed by atoms with Crippen molar-refractivity contribution in [3.05, 3.63) is 40.9 Å². The molecule has 0 atom stereocenters.